The molecule has 0 aromatic carbocycles. The van der Waals surface area contributed by atoms with Crippen LogP contribution in [0.3, 0.4) is 0 Å². The number of quaternary nitrogens is 2. The fourth-order valence-corrected chi connectivity index (χ4v) is 4.73. The van der Waals surface area contributed by atoms with Crippen LogP contribution in [0.25, 0.3) is 0 Å². The minimum Gasteiger partial charge on any atom is -0.652 e. The Morgan fingerprint density at radius 3 is 0.806 bits per heavy atom. The SMILES string of the molecule is C=CC[N+](CCCC)(CCCC)CCCC.C=CC[N+](CCCC)(CCCC)CCCC.O=C([O-])[O-]. The Hall–Kier alpha value is -1.33. The molecule has 0 aromatic rings. The van der Waals surface area contributed by atoms with Gasteiger partial charge in [0.1, 0.15) is 0 Å². The average Bonchev–Trinajstić information content (AvgIpc) is 2.86. The minimum atomic E-state index is -2.33. The van der Waals surface area contributed by atoms with Crippen molar-refractivity contribution in [3.8, 4) is 0 Å². The third-order valence-corrected chi connectivity index (χ3v) is 6.95. The number of carboxylic acid groups (broad SMARTS) is 2. The first-order valence-electron chi connectivity index (χ1n) is 15.0. The van der Waals surface area contributed by atoms with Crippen molar-refractivity contribution in [2.75, 3.05) is 52.4 Å². The Balaban J connectivity index is -0.000000526. The van der Waals surface area contributed by atoms with Crippen LogP contribution in [0.2, 0.25) is 0 Å². The Kier molecular flexibility index (Phi) is 30.7. The van der Waals surface area contributed by atoms with Crippen LogP contribution in [0, 0.1) is 0 Å². The van der Waals surface area contributed by atoms with Crippen molar-refractivity contribution in [2.45, 2.75) is 119 Å². The molecule has 0 spiro atoms. The van der Waals surface area contributed by atoms with Gasteiger partial charge in [-0.2, -0.15) is 0 Å². The van der Waals surface area contributed by atoms with Gasteiger partial charge in [-0.15, -0.1) is 0 Å². The van der Waals surface area contributed by atoms with Crippen LogP contribution in [-0.4, -0.2) is 67.5 Å². The van der Waals surface area contributed by atoms with Crippen molar-refractivity contribution in [3.05, 3.63) is 25.3 Å². The summed E-state index contributed by atoms with van der Waals surface area (Å²) in [6.07, 6.45) is 18.0. The molecule has 5 nitrogen and oxygen atoms in total. The van der Waals surface area contributed by atoms with Crippen LogP contribution in [0.15, 0.2) is 25.3 Å². The van der Waals surface area contributed by atoms with Crippen LogP contribution in [0.4, 0.5) is 4.79 Å². The molecule has 0 saturated heterocycles. The van der Waals surface area contributed by atoms with Crippen LogP contribution in [0.5, 0.6) is 0 Å². The van der Waals surface area contributed by atoms with Crippen molar-refractivity contribution in [1.29, 1.82) is 0 Å². The zero-order valence-electron chi connectivity index (χ0n) is 25.3. The highest BCUT2D eigenvalue weighted by atomic mass is 16.6. The van der Waals surface area contributed by atoms with Crippen molar-refractivity contribution in [2.24, 2.45) is 0 Å². The number of unbranched alkanes of at least 4 members (excludes halogenated alkanes) is 6. The van der Waals surface area contributed by atoms with Crippen LogP contribution in [0.1, 0.15) is 119 Å². The van der Waals surface area contributed by atoms with Gasteiger partial charge in [-0.05, 0) is 56.8 Å². The molecular weight excluding hydrogens is 448 g/mol. The van der Waals surface area contributed by atoms with E-state index >= 15 is 0 Å². The molecule has 0 amide bonds. The van der Waals surface area contributed by atoms with Gasteiger partial charge in [0.2, 0.25) is 0 Å². The van der Waals surface area contributed by atoms with E-state index in [0.29, 0.717) is 0 Å². The number of nitrogens with zero attached hydrogens (tertiary/aromatic N) is 2. The van der Waals surface area contributed by atoms with E-state index in [1.54, 1.807) is 0 Å². The van der Waals surface area contributed by atoms with Crippen LogP contribution in [-0.2, 0) is 0 Å². The second-order valence-corrected chi connectivity index (χ2v) is 10.3. The molecule has 5 heteroatoms. The van der Waals surface area contributed by atoms with E-state index in [1.807, 2.05) is 0 Å². The molecule has 0 N–H and O–H groups in total. The van der Waals surface area contributed by atoms with Gasteiger partial charge in [0.15, 0.2) is 0 Å². The van der Waals surface area contributed by atoms with Gasteiger partial charge in [0.25, 0.3) is 0 Å². The van der Waals surface area contributed by atoms with Gasteiger partial charge in [-0.1, -0.05) is 93.2 Å². The molecule has 0 atom stereocenters. The minimum absolute atomic E-state index is 1.17. The summed E-state index contributed by atoms with van der Waals surface area (Å²) >= 11 is 0. The second-order valence-electron chi connectivity index (χ2n) is 10.3. The number of carbonyl (C=O) groups excluding carboxylic acids is 1. The van der Waals surface area contributed by atoms with E-state index in [2.05, 4.69) is 66.9 Å². The molecule has 0 unspecified atom stereocenters. The zero-order valence-corrected chi connectivity index (χ0v) is 25.3. The quantitative estimate of drug-likeness (QED) is 0.126. The molecule has 0 bridgehead atoms. The van der Waals surface area contributed by atoms with Gasteiger partial charge < -0.3 is 24.0 Å². The topological polar surface area (TPSA) is 63.2 Å². The third kappa shape index (κ3) is 24.4. The van der Waals surface area contributed by atoms with Gasteiger partial charge in [-0.25, -0.2) is 0 Å². The second kappa shape index (κ2) is 28.2. The van der Waals surface area contributed by atoms with Crippen molar-refractivity contribution in [1.82, 2.24) is 0 Å². The molecule has 0 radical (unpaired) electrons. The smallest absolute Gasteiger partial charge is 0.0971 e. The molecule has 0 aliphatic heterocycles. The van der Waals surface area contributed by atoms with Crippen LogP contribution < -0.4 is 10.2 Å². The Morgan fingerprint density at radius 1 is 0.528 bits per heavy atom. The van der Waals surface area contributed by atoms with E-state index in [9.17, 15) is 0 Å². The Bertz CT molecular complexity index is 409. The van der Waals surface area contributed by atoms with Crippen molar-refractivity contribution >= 4 is 6.16 Å². The average molecular weight is 513 g/mol. The maximum atomic E-state index is 8.33. The first kappa shape index (κ1) is 39.2. The first-order valence-corrected chi connectivity index (χ1v) is 15.0. The van der Waals surface area contributed by atoms with Crippen molar-refractivity contribution in [3.63, 3.8) is 0 Å². The monoisotopic (exact) mass is 512 g/mol. The zero-order chi connectivity index (χ0) is 28.1. The summed E-state index contributed by atoms with van der Waals surface area (Å²) in [5.74, 6) is 0. The third-order valence-electron chi connectivity index (χ3n) is 6.95. The van der Waals surface area contributed by atoms with E-state index < -0.39 is 6.16 Å². The highest BCUT2D eigenvalue weighted by Crippen LogP contribution is 2.15. The summed E-state index contributed by atoms with van der Waals surface area (Å²) in [6, 6.07) is 0. The molecule has 0 saturated carbocycles. The predicted octanol–water partition coefficient (Wildman–Crippen LogP) is 6.33. The van der Waals surface area contributed by atoms with Crippen LogP contribution >= 0.6 is 0 Å². The summed E-state index contributed by atoms with van der Waals surface area (Å²) in [5, 5.41) is 16.7. The van der Waals surface area contributed by atoms with Gasteiger partial charge in [0, 0.05) is 0 Å². The Labute approximate surface area is 226 Å². The number of hydrogen-bond donors (Lipinski definition) is 0. The lowest BCUT2D eigenvalue weighted by molar-refractivity contribution is -0.923. The predicted molar refractivity (Wildman–Crippen MR) is 155 cm³/mol. The number of hydrogen-bond acceptors (Lipinski definition) is 3. The fraction of sp³-hybridized carbons (Fsp3) is 0.839. The standard InChI is InChI=1S/2C15H32N.CH2O3/c2*1-5-9-13-16(12-8-4,14-10-6-2)15-11-7-3;2-1(3)4/h2*8H,4-7,9-15H2,1-3H3;(H2,2,3,4)/q2*+1;/p-2. The van der Waals surface area contributed by atoms with Crippen molar-refractivity contribution < 1.29 is 24.0 Å². The lowest BCUT2D eigenvalue weighted by Crippen LogP contribution is -2.50. The summed E-state index contributed by atoms with van der Waals surface area (Å²) < 4.78 is 2.58. The highest BCUT2D eigenvalue weighted by molar-refractivity contribution is 5.47. The molecule has 0 aromatic heterocycles. The van der Waals surface area contributed by atoms with E-state index in [-0.39, 0.29) is 0 Å². The molecule has 216 valence electrons. The summed E-state index contributed by atoms with van der Waals surface area (Å²) in [5.41, 5.74) is 0. The molecule has 0 heterocycles. The maximum Gasteiger partial charge on any atom is 0.0971 e. The number of carbonyl (C=O) groups is 1. The van der Waals surface area contributed by atoms with E-state index in [0.717, 1.165) is 0 Å². The lowest BCUT2D eigenvalue weighted by atomic mass is 10.1. The normalized spacial score (nSPS) is 11.1. The maximum absolute atomic E-state index is 8.33. The molecule has 36 heavy (non-hydrogen) atoms. The van der Waals surface area contributed by atoms with Gasteiger partial charge in [0.05, 0.1) is 52.4 Å². The van der Waals surface area contributed by atoms with Gasteiger partial charge >= 0.3 is 0 Å². The first-order chi connectivity index (χ1) is 17.2. The fourth-order valence-electron chi connectivity index (χ4n) is 4.73. The lowest BCUT2D eigenvalue weighted by Gasteiger charge is -2.38. The Morgan fingerprint density at radius 2 is 0.694 bits per heavy atom. The number of rotatable bonds is 22. The molecule has 0 rings (SSSR count). The molecule has 0 fully saturated rings. The molecule has 0 aliphatic carbocycles. The summed E-state index contributed by atoms with van der Waals surface area (Å²) in [6.45, 7) is 32.1. The molecule has 0 aliphatic rings. The summed E-state index contributed by atoms with van der Waals surface area (Å²) in [4.78, 5) is 8.33. The highest BCUT2D eigenvalue weighted by Gasteiger charge is 2.24. The molecular formula is C31H64N2O3. The summed E-state index contributed by atoms with van der Waals surface area (Å²) in [7, 11) is 0. The largest absolute Gasteiger partial charge is 0.652 e. The van der Waals surface area contributed by atoms with Gasteiger partial charge in [-0.3, -0.25) is 0 Å². The van der Waals surface area contributed by atoms with E-state index in [4.69, 9.17) is 15.0 Å². The van der Waals surface area contributed by atoms with E-state index in [1.165, 1.54) is 138 Å².